The first kappa shape index (κ1) is 16.8. The van der Waals surface area contributed by atoms with E-state index in [2.05, 4.69) is 84.0 Å². The molecule has 0 aliphatic heterocycles. The van der Waals surface area contributed by atoms with E-state index >= 15 is 0 Å². The molecule has 22 heavy (non-hydrogen) atoms. The summed E-state index contributed by atoms with van der Waals surface area (Å²) in [6.45, 7) is 13.6. The molecular formula is C22H30. The van der Waals surface area contributed by atoms with Crippen LogP contribution in [-0.2, 0) is 6.42 Å². The van der Waals surface area contributed by atoms with E-state index < -0.39 is 0 Å². The van der Waals surface area contributed by atoms with Crippen molar-refractivity contribution in [1.29, 1.82) is 0 Å². The largest absolute Gasteiger partial charge is 0.0625 e. The predicted octanol–water partition coefficient (Wildman–Crippen LogP) is 6.80. The van der Waals surface area contributed by atoms with Gasteiger partial charge in [0.15, 0.2) is 0 Å². The van der Waals surface area contributed by atoms with E-state index in [-0.39, 0.29) is 0 Å². The third-order valence-electron chi connectivity index (χ3n) is 4.24. The van der Waals surface area contributed by atoms with Crippen LogP contribution >= 0.6 is 0 Å². The van der Waals surface area contributed by atoms with Crippen molar-refractivity contribution in [1.82, 2.24) is 0 Å². The van der Waals surface area contributed by atoms with Crippen molar-refractivity contribution >= 4 is 0 Å². The molecule has 0 atom stereocenters. The average molecular weight is 294 g/mol. The van der Waals surface area contributed by atoms with Crippen LogP contribution < -0.4 is 0 Å². The van der Waals surface area contributed by atoms with Gasteiger partial charge >= 0.3 is 0 Å². The smallest absolute Gasteiger partial charge is 0.0178 e. The molecule has 0 unspecified atom stereocenters. The number of rotatable bonds is 5. The summed E-state index contributed by atoms with van der Waals surface area (Å²) in [5.41, 5.74) is 6.99. The highest BCUT2D eigenvalue weighted by Gasteiger charge is 2.09. The van der Waals surface area contributed by atoms with Crippen LogP contribution in [0, 0.1) is 5.92 Å². The lowest BCUT2D eigenvalue weighted by Crippen LogP contribution is -1.96. The number of benzene rings is 2. The quantitative estimate of drug-likeness (QED) is 0.569. The molecule has 0 fully saturated rings. The molecule has 118 valence electrons. The molecule has 0 radical (unpaired) electrons. The monoisotopic (exact) mass is 294 g/mol. The summed E-state index contributed by atoms with van der Waals surface area (Å²) >= 11 is 0. The van der Waals surface area contributed by atoms with Crippen molar-refractivity contribution in [2.45, 2.75) is 59.8 Å². The minimum absolute atomic E-state index is 0.567. The summed E-state index contributed by atoms with van der Waals surface area (Å²) in [4.78, 5) is 0. The van der Waals surface area contributed by atoms with Crippen LogP contribution in [0.4, 0.5) is 0 Å². The fraction of sp³-hybridized carbons (Fsp3) is 0.455. The minimum atomic E-state index is 0.567. The van der Waals surface area contributed by atoms with Gasteiger partial charge in [-0.25, -0.2) is 0 Å². The van der Waals surface area contributed by atoms with Gasteiger partial charge in [0.1, 0.15) is 0 Å². The van der Waals surface area contributed by atoms with Crippen LogP contribution in [0.3, 0.4) is 0 Å². The van der Waals surface area contributed by atoms with E-state index in [0.29, 0.717) is 17.8 Å². The first-order valence-corrected chi connectivity index (χ1v) is 8.61. The Kier molecular flexibility index (Phi) is 5.45. The molecule has 0 heteroatoms. The van der Waals surface area contributed by atoms with Crippen molar-refractivity contribution < 1.29 is 0 Å². The second kappa shape index (κ2) is 7.13. The van der Waals surface area contributed by atoms with E-state index in [0.717, 1.165) is 6.42 Å². The molecule has 2 rings (SSSR count). The Morgan fingerprint density at radius 2 is 1.14 bits per heavy atom. The fourth-order valence-electron chi connectivity index (χ4n) is 2.81. The fourth-order valence-corrected chi connectivity index (χ4v) is 2.81. The Hall–Kier alpha value is -1.56. The predicted molar refractivity (Wildman–Crippen MR) is 98.6 cm³/mol. The molecule has 0 bridgehead atoms. The maximum Gasteiger partial charge on any atom is -0.0178 e. The lowest BCUT2D eigenvalue weighted by Gasteiger charge is -2.15. The molecule has 0 amide bonds. The Morgan fingerprint density at radius 3 is 1.55 bits per heavy atom. The van der Waals surface area contributed by atoms with E-state index in [1.54, 1.807) is 0 Å². The molecular weight excluding hydrogens is 264 g/mol. The highest BCUT2D eigenvalue weighted by Crippen LogP contribution is 2.29. The van der Waals surface area contributed by atoms with Crippen LogP contribution in [0.15, 0.2) is 42.5 Å². The molecule has 0 heterocycles. The van der Waals surface area contributed by atoms with Crippen LogP contribution in [0.25, 0.3) is 11.1 Å². The van der Waals surface area contributed by atoms with E-state index in [1.165, 1.54) is 27.8 Å². The molecule has 0 spiro atoms. The summed E-state index contributed by atoms with van der Waals surface area (Å²) < 4.78 is 0. The van der Waals surface area contributed by atoms with Crippen molar-refractivity contribution in [3.63, 3.8) is 0 Å². The highest BCUT2D eigenvalue weighted by atomic mass is 14.1. The van der Waals surface area contributed by atoms with E-state index in [4.69, 9.17) is 0 Å². The molecule has 0 aliphatic rings. The van der Waals surface area contributed by atoms with Gasteiger partial charge in [-0.05, 0) is 52.0 Å². The average Bonchev–Trinajstić information content (AvgIpc) is 2.46. The number of hydrogen-bond donors (Lipinski definition) is 0. The molecule has 2 aromatic rings. The van der Waals surface area contributed by atoms with Crippen molar-refractivity contribution in [3.8, 4) is 11.1 Å². The van der Waals surface area contributed by atoms with E-state index in [9.17, 15) is 0 Å². The van der Waals surface area contributed by atoms with Crippen molar-refractivity contribution in [3.05, 3.63) is 59.2 Å². The molecule has 2 aromatic carbocycles. The molecule has 0 saturated heterocycles. The molecule has 0 N–H and O–H groups in total. The lowest BCUT2D eigenvalue weighted by molar-refractivity contribution is 0.647. The SMILES string of the molecule is CC(C)Cc1ccc(-c2cc(C(C)C)cc(C(C)C)c2)cc1. The van der Waals surface area contributed by atoms with Gasteiger partial charge in [-0.2, -0.15) is 0 Å². The van der Waals surface area contributed by atoms with Gasteiger partial charge in [0.25, 0.3) is 0 Å². The van der Waals surface area contributed by atoms with Gasteiger partial charge in [0, 0.05) is 0 Å². The van der Waals surface area contributed by atoms with Gasteiger partial charge < -0.3 is 0 Å². The highest BCUT2D eigenvalue weighted by molar-refractivity contribution is 5.66. The maximum absolute atomic E-state index is 2.37. The van der Waals surface area contributed by atoms with Gasteiger partial charge in [-0.15, -0.1) is 0 Å². The zero-order valence-electron chi connectivity index (χ0n) is 15.0. The Bertz CT molecular complexity index is 574. The van der Waals surface area contributed by atoms with E-state index in [1.807, 2.05) is 0 Å². The minimum Gasteiger partial charge on any atom is -0.0625 e. The normalized spacial score (nSPS) is 11.7. The van der Waals surface area contributed by atoms with Crippen LogP contribution in [0.1, 0.15) is 70.1 Å². The third-order valence-corrected chi connectivity index (χ3v) is 4.24. The first-order valence-electron chi connectivity index (χ1n) is 8.61. The summed E-state index contributed by atoms with van der Waals surface area (Å²) in [6.07, 6.45) is 1.16. The lowest BCUT2D eigenvalue weighted by atomic mass is 9.90. The zero-order valence-corrected chi connectivity index (χ0v) is 15.0. The molecule has 0 aliphatic carbocycles. The van der Waals surface area contributed by atoms with Gasteiger partial charge in [-0.3, -0.25) is 0 Å². The summed E-state index contributed by atoms with van der Waals surface area (Å²) in [5.74, 6) is 1.85. The van der Waals surface area contributed by atoms with Crippen LogP contribution in [-0.4, -0.2) is 0 Å². The number of hydrogen-bond acceptors (Lipinski definition) is 0. The van der Waals surface area contributed by atoms with Gasteiger partial charge in [-0.1, -0.05) is 84.0 Å². The standard InChI is InChI=1S/C22H30/c1-15(2)11-18-7-9-19(10-8-18)22-13-20(16(3)4)12-21(14-22)17(5)6/h7-10,12-17H,11H2,1-6H3. The second-order valence-electron chi connectivity index (χ2n) is 7.49. The van der Waals surface area contributed by atoms with Crippen LogP contribution in [0.2, 0.25) is 0 Å². The topological polar surface area (TPSA) is 0 Å². The molecule has 0 nitrogen and oxygen atoms in total. The van der Waals surface area contributed by atoms with Crippen molar-refractivity contribution in [2.24, 2.45) is 5.92 Å². The third kappa shape index (κ3) is 4.22. The Labute approximate surface area is 136 Å². The van der Waals surface area contributed by atoms with Crippen molar-refractivity contribution in [2.75, 3.05) is 0 Å². The summed E-state index contributed by atoms with van der Waals surface area (Å²) in [7, 11) is 0. The first-order chi connectivity index (χ1) is 10.4. The summed E-state index contributed by atoms with van der Waals surface area (Å²) in [5, 5.41) is 0. The molecule has 0 aromatic heterocycles. The zero-order chi connectivity index (χ0) is 16.3. The van der Waals surface area contributed by atoms with Gasteiger partial charge in [0.05, 0.1) is 0 Å². The maximum atomic E-state index is 2.37. The second-order valence-corrected chi connectivity index (χ2v) is 7.49. The summed E-state index contributed by atoms with van der Waals surface area (Å²) in [6, 6.07) is 16.2. The Morgan fingerprint density at radius 1 is 0.636 bits per heavy atom. The van der Waals surface area contributed by atoms with Gasteiger partial charge in [0.2, 0.25) is 0 Å². The van der Waals surface area contributed by atoms with Crippen LogP contribution in [0.5, 0.6) is 0 Å². The molecule has 0 saturated carbocycles. The Balaban J connectivity index is 2.38.